The highest BCUT2D eigenvalue weighted by atomic mass is 79.9. The molecule has 4 nitrogen and oxygen atoms in total. The van der Waals surface area contributed by atoms with Crippen molar-refractivity contribution in [3.63, 3.8) is 0 Å². The molecule has 0 bridgehead atoms. The van der Waals surface area contributed by atoms with Crippen LogP contribution in [0.5, 0.6) is 5.75 Å². The number of hydrogen-bond donors (Lipinski definition) is 1. The van der Waals surface area contributed by atoms with E-state index in [9.17, 15) is 4.79 Å². The first-order valence-corrected chi connectivity index (χ1v) is 7.43. The molecule has 0 atom stereocenters. The number of nitrogens with one attached hydrogen (secondary N) is 1. The van der Waals surface area contributed by atoms with Gasteiger partial charge < -0.3 is 15.0 Å². The lowest BCUT2D eigenvalue weighted by Gasteiger charge is -2.16. The molecule has 21 heavy (non-hydrogen) atoms. The monoisotopic (exact) mass is 346 g/mol. The quantitative estimate of drug-likeness (QED) is 0.892. The molecule has 0 aliphatic carbocycles. The van der Waals surface area contributed by atoms with Crippen molar-refractivity contribution in [3.8, 4) is 5.75 Å². The second-order valence-electron chi connectivity index (χ2n) is 4.89. The highest BCUT2D eigenvalue weighted by Crippen LogP contribution is 2.29. The van der Waals surface area contributed by atoms with E-state index in [1.807, 2.05) is 36.4 Å². The molecule has 0 spiro atoms. The molecule has 2 aromatic carbocycles. The second kappa shape index (κ2) is 5.77. The molecule has 0 radical (unpaired) electrons. The van der Waals surface area contributed by atoms with Crippen LogP contribution in [-0.4, -0.2) is 18.0 Å². The molecule has 0 aromatic heterocycles. The molecule has 3 rings (SSSR count). The van der Waals surface area contributed by atoms with Crippen LogP contribution in [-0.2, 0) is 13.1 Å². The van der Waals surface area contributed by atoms with Crippen LogP contribution in [0.3, 0.4) is 0 Å². The van der Waals surface area contributed by atoms with E-state index >= 15 is 0 Å². The smallest absolute Gasteiger partial charge is 0.322 e. The van der Waals surface area contributed by atoms with Crippen molar-refractivity contribution in [2.24, 2.45) is 0 Å². The standard InChI is InChI=1S/C16H15BrN2O2/c1-21-13-7-5-12(6-8-13)18-16(20)19-9-11-3-2-4-15(17)14(11)10-19/h2-8H,9-10H2,1H3,(H,18,20). The summed E-state index contributed by atoms with van der Waals surface area (Å²) in [5.74, 6) is 0.769. The number of carbonyl (C=O) groups excluding carboxylic acids is 1. The molecule has 108 valence electrons. The fourth-order valence-corrected chi connectivity index (χ4v) is 2.93. The SMILES string of the molecule is COc1ccc(NC(=O)N2Cc3cccc(Br)c3C2)cc1. The molecule has 0 unspecified atom stereocenters. The van der Waals surface area contributed by atoms with Gasteiger partial charge in [-0.1, -0.05) is 28.1 Å². The number of carbonyl (C=O) groups is 1. The van der Waals surface area contributed by atoms with Crippen LogP contribution in [0.4, 0.5) is 10.5 Å². The van der Waals surface area contributed by atoms with Crippen molar-refractivity contribution >= 4 is 27.6 Å². The van der Waals surface area contributed by atoms with Crippen molar-refractivity contribution < 1.29 is 9.53 Å². The van der Waals surface area contributed by atoms with E-state index in [-0.39, 0.29) is 6.03 Å². The number of rotatable bonds is 2. The Morgan fingerprint density at radius 3 is 2.62 bits per heavy atom. The zero-order valence-corrected chi connectivity index (χ0v) is 13.2. The van der Waals surface area contributed by atoms with Crippen LogP contribution in [0.25, 0.3) is 0 Å². The number of ether oxygens (including phenoxy) is 1. The van der Waals surface area contributed by atoms with Gasteiger partial charge in [0.1, 0.15) is 5.75 Å². The third-order valence-electron chi connectivity index (χ3n) is 3.55. The average molecular weight is 347 g/mol. The Kier molecular flexibility index (Phi) is 3.84. The van der Waals surface area contributed by atoms with Gasteiger partial charge in [0, 0.05) is 23.2 Å². The van der Waals surface area contributed by atoms with Gasteiger partial charge in [0.2, 0.25) is 0 Å². The summed E-state index contributed by atoms with van der Waals surface area (Å²) in [6, 6.07) is 13.3. The molecular formula is C16H15BrN2O2. The average Bonchev–Trinajstić information content (AvgIpc) is 2.94. The maximum absolute atomic E-state index is 12.3. The number of urea groups is 1. The largest absolute Gasteiger partial charge is 0.497 e. The highest BCUT2D eigenvalue weighted by molar-refractivity contribution is 9.10. The fraction of sp³-hybridized carbons (Fsp3) is 0.188. The first kappa shape index (κ1) is 13.9. The van der Waals surface area contributed by atoms with E-state index < -0.39 is 0 Å². The van der Waals surface area contributed by atoms with Crippen molar-refractivity contribution in [3.05, 3.63) is 58.1 Å². The molecule has 1 N–H and O–H groups in total. The Morgan fingerprint density at radius 2 is 1.95 bits per heavy atom. The van der Waals surface area contributed by atoms with Crippen molar-refractivity contribution in [1.29, 1.82) is 0 Å². The molecule has 1 heterocycles. The minimum Gasteiger partial charge on any atom is -0.497 e. The third-order valence-corrected chi connectivity index (χ3v) is 4.30. The number of amides is 2. The maximum atomic E-state index is 12.3. The summed E-state index contributed by atoms with van der Waals surface area (Å²) in [5, 5.41) is 2.91. The first-order chi connectivity index (χ1) is 10.2. The Balaban J connectivity index is 1.68. The van der Waals surface area contributed by atoms with Crippen LogP contribution in [0.1, 0.15) is 11.1 Å². The Morgan fingerprint density at radius 1 is 1.19 bits per heavy atom. The zero-order valence-electron chi connectivity index (χ0n) is 11.6. The Bertz CT molecular complexity index is 670. The number of hydrogen-bond acceptors (Lipinski definition) is 2. The molecule has 1 aliphatic heterocycles. The molecular weight excluding hydrogens is 332 g/mol. The van der Waals surface area contributed by atoms with E-state index in [2.05, 4.69) is 27.3 Å². The lowest BCUT2D eigenvalue weighted by atomic mass is 10.1. The van der Waals surface area contributed by atoms with Crippen molar-refractivity contribution in [1.82, 2.24) is 4.90 Å². The fourth-order valence-electron chi connectivity index (χ4n) is 2.40. The van der Waals surface area contributed by atoms with E-state index in [0.29, 0.717) is 13.1 Å². The molecule has 5 heteroatoms. The maximum Gasteiger partial charge on any atom is 0.322 e. The van der Waals surface area contributed by atoms with Gasteiger partial charge >= 0.3 is 6.03 Å². The number of methoxy groups -OCH3 is 1. The van der Waals surface area contributed by atoms with Crippen LogP contribution in [0.15, 0.2) is 46.9 Å². The zero-order chi connectivity index (χ0) is 14.8. The summed E-state index contributed by atoms with van der Waals surface area (Å²) in [6.07, 6.45) is 0. The van der Waals surface area contributed by atoms with Gasteiger partial charge in [-0.3, -0.25) is 0 Å². The van der Waals surface area contributed by atoms with E-state index in [1.165, 1.54) is 11.1 Å². The molecule has 2 aromatic rings. The lowest BCUT2D eigenvalue weighted by molar-refractivity contribution is 0.212. The van der Waals surface area contributed by atoms with Crippen LogP contribution >= 0.6 is 15.9 Å². The third kappa shape index (κ3) is 2.88. The number of halogens is 1. The minimum absolute atomic E-state index is 0.0942. The summed E-state index contributed by atoms with van der Waals surface area (Å²) in [7, 11) is 1.62. The summed E-state index contributed by atoms with van der Waals surface area (Å²) in [5.41, 5.74) is 3.13. The highest BCUT2D eigenvalue weighted by Gasteiger charge is 2.24. The molecule has 2 amide bonds. The molecule has 0 saturated heterocycles. The van der Waals surface area contributed by atoms with Crippen molar-refractivity contribution in [2.75, 3.05) is 12.4 Å². The number of benzene rings is 2. The summed E-state index contributed by atoms with van der Waals surface area (Å²) in [6.45, 7) is 1.26. The normalized spacial score (nSPS) is 13.0. The van der Waals surface area contributed by atoms with Gasteiger partial charge in [-0.05, 0) is 41.5 Å². The topological polar surface area (TPSA) is 41.6 Å². The van der Waals surface area contributed by atoms with E-state index in [1.54, 1.807) is 12.0 Å². The Hall–Kier alpha value is -2.01. The summed E-state index contributed by atoms with van der Waals surface area (Å²) >= 11 is 3.53. The van der Waals surface area contributed by atoms with Gasteiger partial charge in [0.25, 0.3) is 0 Å². The minimum atomic E-state index is -0.0942. The summed E-state index contributed by atoms with van der Waals surface area (Å²) in [4.78, 5) is 14.1. The van der Waals surface area contributed by atoms with Gasteiger partial charge in [-0.15, -0.1) is 0 Å². The predicted molar refractivity (Wildman–Crippen MR) is 85.4 cm³/mol. The predicted octanol–water partition coefficient (Wildman–Crippen LogP) is 4.01. The lowest BCUT2D eigenvalue weighted by Crippen LogP contribution is -2.30. The second-order valence-corrected chi connectivity index (χ2v) is 5.75. The van der Waals surface area contributed by atoms with Gasteiger partial charge in [-0.2, -0.15) is 0 Å². The van der Waals surface area contributed by atoms with Crippen LogP contribution < -0.4 is 10.1 Å². The van der Waals surface area contributed by atoms with Crippen LogP contribution in [0, 0.1) is 0 Å². The van der Waals surface area contributed by atoms with Crippen molar-refractivity contribution in [2.45, 2.75) is 13.1 Å². The number of anilines is 1. The van der Waals surface area contributed by atoms with Gasteiger partial charge in [-0.25, -0.2) is 4.79 Å². The molecule has 1 aliphatic rings. The van der Waals surface area contributed by atoms with E-state index in [0.717, 1.165) is 15.9 Å². The molecule has 0 saturated carbocycles. The molecule has 0 fully saturated rings. The van der Waals surface area contributed by atoms with Gasteiger partial charge in [0.05, 0.1) is 7.11 Å². The van der Waals surface area contributed by atoms with Crippen LogP contribution in [0.2, 0.25) is 0 Å². The number of fused-ring (bicyclic) bond motifs is 1. The number of nitrogens with zero attached hydrogens (tertiary/aromatic N) is 1. The van der Waals surface area contributed by atoms with E-state index in [4.69, 9.17) is 4.74 Å². The summed E-state index contributed by atoms with van der Waals surface area (Å²) < 4.78 is 6.16. The Labute approximate surface area is 131 Å². The first-order valence-electron chi connectivity index (χ1n) is 6.63. The van der Waals surface area contributed by atoms with Gasteiger partial charge in [0.15, 0.2) is 0 Å².